The number of benzene rings is 1. The summed E-state index contributed by atoms with van der Waals surface area (Å²) < 4.78 is 10.5. The Hall–Kier alpha value is -3.55. The molecule has 4 rings (SSSR count). The number of nitrogens with zero attached hydrogens (tertiary/aromatic N) is 5. The molecule has 8 nitrogen and oxygen atoms in total. The van der Waals surface area contributed by atoms with E-state index in [1.54, 1.807) is 20.0 Å². The summed E-state index contributed by atoms with van der Waals surface area (Å²) >= 11 is 0. The Morgan fingerprint density at radius 1 is 1.11 bits per heavy atom. The molecule has 142 valence electrons. The van der Waals surface area contributed by atoms with Crippen molar-refractivity contribution in [3.63, 3.8) is 0 Å². The van der Waals surface area contributed by atoms with Crippen LogP contribution in [0.5, 0.6) is 0 Å². The van der Waals surface area contributed by atoms with Gasteiger partial charge in [0.05, 0.1) is 28.9 Å². The molecule has 8 heteroatoms. The molecule has 0 radical (unpaired) electrons. The van der Waals surface area contributed by atoms with E-state index in [-0.39, 0.29) is 12.5 Å². The van der Waals surface area contributed by atoms with Crippen LogP contribution in [0.4, 0.5) is 0 Å². The molecule has 0 N–H and O–H groups in total. The molecule has 0 aliphatic carbocycles. The van der Waals surface area contributed by atoms with Crippen molar-refractivity contribution in [3.05, 3.63) is 59.4 Å². The smallest absolute Gasteiger partial charge is 0.259 e. The SMILES string of the molecule is CCc1noc(CN(C)C(=O)c2cc(-c3ccccc3)nc3onc(C)c23)n1. The topological polar surface area (TPSA) is 98.2 Å². The molecule has 0 aliphatic rings. The second-order valence-corrected chi connectivity index (χ2v) is 6.49. The number of carbonyl (C=O) groups is 1. The van der Waals surface area contributed by atoms with Crippen molar-refractivity contribution >= 4 is 17.0 Å². The lowest BCUT2D eigenvalue weighted by molar-refractivity contribution is 0.0771. The molecule has 0 spiro atoms. The van der Waals surface area contributed by atoms with E-state index in [4.69, 9.17) is 9.05 Å². The van der Waals surface area contributed by atoms with Gasteiger partial charge in [0.15, 0.2) is 5.82 Å². The van der Waals surface area contributed by atoms with Crippen LogP contribution >= 0.6 is 0 Å². The summed E-state index contributed by atoms with van der Waals surface area (Å²) in [6, 6.07) is 11.4. The van der Waals surface area contributed by atoms with Crippen LogP contribution in [0.3, 0.4) is 0 Å². The molecule has 3 aromatic heterocycles. The zero-order valence-corrected chi connectivity index (χ0v) is 15.8. The molecule has 1 aromatic carbocycles. The van der Waals surface area contributed by atoms with Gasteiger partial charge in [-0.05, 0) is 13.0 Å². The lowest BCUT2D eigenvalue weighted by atomic mass is 10.0. The Kier molecular flexibility index (Phi) is 4.60. The Bertz CT molecular complexity index is 1130. The fourth-order valence-electron chi connectivity index (χ4n) is 3.00. The Labute approximate surface area is 161 Å². The molecule has 3 heterocycles. The van der Waals surface area contributed by atoms with Crippen molar-refractivity contribution < 1.29 is 13.8 Å². The summed E-state index contributed by atoms with van der Waals surface area (Å²) in [5.41, 5.74) is 2.96. The van der Waals surface area contributed by atoms with Crippen molar-refractivity contribution in [1.29, 1.82) is 0 Å². The lowest BCUT2D eigenvalue weighted by Crippen LogP contribution is -2.26. The zero-order valence-electron chi connectivity index (χ0n) is 15.8. The van der Waals surface area contributed by atoms with Crippen LogP contribution < -0.4 is 0 Å². The van der Waals surface area contributed by atoms with Gasteiger partial charge in [0.25, 0.3) is 11.6 Å². The number of rotatable bonds is 5. The van der Waals surface area contributed by atoms with Gasteiger partial charge in [0.2, 0.25) is 5.89 Å². The normalized spacial score (nSPS) is 11.1. The highest BCUT2D eigenvalue weighted by molar-refractivity contribution is 6.06. The minimum atomic E-state index is -0.202. The van der Waals surface area contributed by atoms with E-state index in [0.717, 1.165) is 5.56 Å². The third-order valence-corrected chi connectivity index (χ3v) is 4.46. The van der Waals surface area contributed by atoms with Gasteiger partial charge in [-0.15, -0.1) is 0 Å². The number of hydrogen-bond donors (Lipinski definition) is 0. The van der Waals surface area contributed by atoms with E-state index in [1.807, 2.05) is 37.3 Å². The summed E-state index contributed by atoms with van der Waals surface area (Å²) in [5, 5.41) is 8.46. The highest BCUT2D eigenvalue weighted by Crippen LogP contribution is 2.28. The van der Waals surface area contributed by atoms with Crippen molar-refractivity contribution in [3.8, 4) is 11.3 Å². The number of fused-ring (bicyclic) bond motifs is 1. The van der Waals surface area contributed by atoms with E-state index in [9.17, 15) is 4.79 Å². The maximum absolute atomic E-state index is 13.2. The summed E-state index contributed by atoms with van der Waals surface area (Å²) in [6.45, 7) is 3.94. The van der Waals surface area contributed by atoms with E-state index in [2.05, 4.69) is 20.3 Å². The van der Waals surface area contributed by atoms with E-state index in [1.165, 1.54) is 4.90 Å². The first kappa shape index (κ1) is 17.8. The molecule has 1 amide bonds. The van der Waals surface area contributed by atoms with E-state index in [0.29, 0.717) is 46.2 Å². The average molecular weight is 377 g/mol. The Morgan fingerprint density at radius 3 is 2.61 bits per heavy atom. The van der Waals surface area contributed by atoms with Crippen LogP contribution in [0.15, 0.2) is 45.4 Å². The molecule has 0 atom stereocenters. The van der Waals surface area contributed by atoms with Gasteiger partial charge < -0.3 is 13.9 Å². The standard InChI is InChI=1S/C20H19N5O3/c1-4-16-22-17(27-24-16)11-25(3)20(26)14-10-15(13-8-6-5-7-9-13)21-19-18(14)12(2)23-28-19/h5-10H,4,11H2,1-3H3. The van der Waals surface area contributed by atoms with Crippen molar-refractivity contribution in [2.75, 3.05) is 7.05 Å². The number of carbonyl (C=O) groups excluding carboxylic acids is 1. The van der Waals surface area contributed by atoms with Gasteiger partial charge in [0.1, 0.15) is 0 Å². The summed E-state index contributed by atoms with van der Waals surface area (Å²) in [4.78, 5) is 23.5. The third kappa shape index (κ3) is 3.24. The monoisotopic (exact) mass is 377 g/mol. The molecular weight excluding hydrogens is 358 g/mol. The minimum Gasteiger partial charge on any atom is -0.337 e. The van der Waals surface area contributed by atoms with Crippen LogP contribution in [0.2, 0.25) is 0 Å². The molecule has 0 saturated heterocycles. The Morgan fingerprint density at radius 2 is 1.89 bits per heavy atom. The predicted octanol–water partition coefficient (Wildman–Crippen LogP) is 3.42. The Balaban J connectivity index is 1.73. The second kappa shape index (κ2) is 7.22. The second-order valence-electron chi connectivity index (χ2n) is 6.49. The van der Waals surface area contributed by atoms with Crippen LogP contribution in [-0.4, -0.2) is 38.1 Å². The highest BCUT2D eigenvalue weighted by atomic mass is 16.5. The van der Waals surface area contributed by atoms with Gasteiger partial charge in [-0.1, -0.05) is 47.6 Å². The maximum Gasteiger partial charge on any atom is 0.259 e. The van der Waals surface area contributed by atoms with Gasteiger partial charge in [-0.3, -0.25) is 4.79 Å². The fraction of sp³-hybridized carbons (Fsp3) is 0.250. The fourth-order valence-corrected chi connectivity index (χ4v) is 3.00. The van der Waals surface area contributed by atoms with E-state index >= 15 is 0 Å². The van der Waals surface area contributed by atoms with Crippen LogP contribution in [0.1, 0.15) is 34.7 Å². The molecule has 28 heavy (non-hydrogen) atoms. The third-order valence-electron chi connectivity index (χ3n) is 4.46. The average Bonchev–Trinajstić information content (AvgIpc) is 3.34. The largest absolute Gasteiger partial charge is 0.337 e. The maximum atomic E-state index is 13.2. The van der Waals surface area contributed by atoms with Crippen molar-refractivity contribution in [1.82, 2.24) is 25.2 Å². The number of aromatic nitrogens is 4. The molecule has 4 aromatic rings. The van der Waals surface area contributed by atoms with Gasteiger partial charge in [-0.25, -0.2) is 4.98 Å². The highest BCUT2D eigenvalue weighted by Gasteiger charge is 2.23. The molecule has 0 saturated carbocycles. The molecule has 0 aliphatic heterocycles. The lowest BCUT2D eigenvalue weighted by Gasteiger charge is -2.16. The van der Waals surface area contributed by atoms with Gasteiger partial charge in [0, 0.05) is 19.0 Å². The summed E-state index contributed by atoms with van der Waals surface area (Å²) in [5.74, 6) is 0.804. The molecule has 0 unspecified atom stereocenters. The summed E-state index contributed by atoms with van der Waals surface area (Å²) in [7, 11) is 1.69. The van der Waals surface area contributed by atoms with Crippen LogP contribution in [0.25, 0.3) is 22.4 Å². The van der Waals surface area contributed by atoms with Crippen LogP contribution in [-0.2, 0) is 13.0 Å². The number of amides is 1. The van der Waals surface area contributed by atoms with E-state index < -0.39 is 0 Å². The first-order valence-electron chi connectivity index (χ1n) is 8.96. The molecule has 0 fully saturated rings. The van der Waals surface area contributed by atoms with Gasteiger partial charge >= 0.3 is 0 Å². The van der Waals surface area contributed by atoms with Gasteiger partial charge in [-0.2, -0.15) is 4.98 Å². The number of aryl methyl sites for hydroxylation is 2. The van der Waals surface area contributed by atoms with Crippen molar-refractivity contribution in [2.24, 2.45) is 0 Å². The first-order valence-corrected chi connectivity index (χ1v) is 8.96. The number of hydrogen-bond acceptors (Lipinski definition) is 7. The quantitative estimate of drug-likeness (QED) is 0.525. The molecular formula is C20H19N5O3. The summed E-state index contributed by atoms with van der Waals surface area (Å²) in [6.07, 6.45) is 0.673. The zero-order chi connectivity index (χ0) is 19.7. The minimum absolute atomic E-state index is 0.202. The first-order chi connectivity index (χ1) is 13.6. The van der Waals surface area contributed by atoms with Crippen LogP contribution in [0, 0.1) is 6.92 Å². The number of pyridine rings is 1. The van der Waals surface area contributed by atoms with Crippen molar-refractivity contribution in [2.45, 2.75) is 26.8 Å². The molecule has 0 bridgehead atoms. The predicted molar refractivity (Wildman–Crippen MR) is 101 cm³/mol.